The number of benzene rings is 8. The number of hydrogen-bond acceptors (Lipinski definition) is 16. The number of nitrogens with zero attached hydrogens (tertiary/aromatic N) is 5. The maximum absolute atomic E-state index is 13.9. The first-order valence-corrected chi connectivity index (χ1v) is 38.8. The Morgan fingerprint density at radius 3 is 0.883 bits per heavy atom. The Balaban J connectivity index is 0.000000246. The third kappa shape index (κ3) is 21.1. The molecule has 0 spiro atoms. The molecule has 94 heavy (non-hydrogen) atoms. The van der Waals surface area contributed by atoms with E-state index < -0.39 is 99.7 Å². The first kappa shape index (κ1) is 74.5. The van der Waals surface area contributed by atoms with E-state index in [0.29, 0.717) is 26.2 Å². The average molecular weight is 1400 g/mol. The van der Waals surface area contributed by atoms with Gasteiger partial charge in [0, 0.05) is 78.5 Å². The fraction of sp³-hybridized carbons (Fsp3) is 0.294. The van der Waals surface area contributed by atoms with Gasteiger partial charge in [-0.25, -0.2) is 33.7 Å². The van der Waals surface area contributed by atoms with Gasteiger partial charge in [-0.15, -0.1) is 0 Å². The van der Waals surface area contributed by atoms with Crippen LogP contribution in [0.15, 0.2) is 236 Å². The predicted molar refractivity (Wildman–Crippen MR) is 364 cm³/mol. The Labute approximate surface area is 556 Å². The average Bonchev–Trinajstić information content (AvgIpc) is 1.16. The van der Waals surface area contributed by atoms with E-state index in [2.05, 4.69) is 4.90 Å². The zero-order valence-corrected chi connectivity index (χ0v) is 58.4. The summed E-state index contributed by atoms with van der Waals surface area (Å²) in [6.45, 7) is 11.1. The molecule has 0 atom stereocenters. The molecule has 20 nitrogen and oxygen atoms in total. The monoisotopic (exact) mass is 1400 g/mol. The van der Waals surface area contributed by atoms with Gasteiger partial charge >= 0.3 is 0 Å². The topological polar surface area (TPSA) is 266 Å². The van der Waals surface area contributed by atoms with Gasteiger partial charge in [-0.05, 0) is 125 Å². The minimum absolute atomic E-state index is 0.0838. The van der Waals surface area contributed by atoms with E-state index in [1.165, 1.54) is 62.7 Å². The summed E-state index contributed by atoms with van der Waals surface area (Å²) < 4.78 is 176. The van der Waals surface area contributed by atoms with Crippen LogP contribution >= 0.6 is 0 Å². The van der Waals surface area contributed by atoms with E-state index >= 15 is 0 Å². The normalized spacial score (nSPS) is 14.2. The minimum atomic E-state index is -4.29. The van der Waals surface area contributed by atoms with E-state index in [0.717, 1.165) is 47.6 Å². The van der Waals surface area contributed by atoms with Gasteiger partial charge in [0.2, 0.25) is 40.1 Å². The smallest absolute Gasteiger partial charge is 0.297 e. The highest BCUT2D eigenvalue weighted by molar-refractivity contribution is 7.90. The van der Waals surface area contributed by atoms with Crippen molar-refractivity contribution < 1.29 is 58.9 Å². The largest absolute Gasteiger partial charge is 0.326 e. The first-order chi connectivity index (χ1) is 44.5. The van der Waals surface area contributed by atoms with Crippen molar-refractivity contribution in [2.24, 2.45) is 5.73 Å². The van der Waals surface area contributed by atoms with E-state index in [4.69, 9.17) is 14.1 Å². The number of nitrogens with two attached hydrogens (primary N) is 1. The summed E-state index contributed by atoms with van der Waals surface area (Å²) in [6, 6.07) is 57.4. The Bertz CT molecular complexity index is 4180. The van der Waals surface area contributed by atoms with Gasteiger partial charge in [0.15, 0.2) is 0 Å². The molecule has 2 N–H and O–H groups in total. The summed E-state index contributed by atoms with van der Waals surface area (Å²) in [7, 11) is -24.6. The number of sulfonamides is 4. The van der Waals surface area contributed by atoms with Crippen molar-refractivity contribution in [2.75, 3.05) is 78.7 Å². The molecule has 0 aliphatic carbocycles. The molecule has 504 valence electrons. The molecule has 0 bridgehead atoms. The lowest BCUT2D eigenvalue weighted by Gasteiger charge is -2.27. The molecule has 8 aromatic rings. The quantitative estimate of drug-likeness (QED) is 0.0553. The summed E-state index contributed by atoms with van der Waals surface area (Å²) in [4.78, 5) is 2.16. The van der Waals surface area contributed by atoms with Crippen LogP contribution in [0.3, 0.4) is 0 Å². The van der Waals surface area contributed by atoms with Crippen molar-refractivity contribution in [1.29, 1.82) is 0 Å². The molecular weight excluding hydrogens is 1320 g/mol. The molecule has 0 radical (unpaired) electrons. The highest BCUT2D eigenvalue weighted by atomic mass is 32.2. The maximum Gasteiger partial charge on any atom is 0.297 e. The second-order valence-electron chi connectivity index (χ2n) is 22.5. The van der Waals surface area contributed by atoms with Gasteiger partial charge in [-0.3, -0.25) is 13.3 Å². The number of rotatable bonds is 24. The molecule has 1 aliphatic rings. The van der Waals surface area contributed by atoms with E-state index in [-0.39, 0.29) is 55.6 Å². The van der Waals surface area contributed by atoms with Crippen LogP contribution in [0.1, 0.15) is 44.5 Å². The summed E-state index contributed by atoms with van der Waals surface area (Å²) in [5.74, 6) is 0. The van der Waals surface area contributed by atoms with Crippen LogP contribution in [-0.4, -0.2) is 151 Å². The number of hydrogen-bond donors (Lipinski definition) is 1. The molecule has 1 fully saturated rings. The van der Waals surface area contributed by atoms with E-state index in [1.807, 2.05) is 74.5 Å². The van der Waals surface area contributed by atoms with Gasteiger partial charge in [-0.1, -0.05) is 167 Å². The van der Waals surface area contributed by atoms with Gasteiger partial charge < -0.3 is 5.73 Å². The van der Waals surface area contributed by atoms with E-state index in [1.54, 1.807) is 125 Å². The fourth-order valence-electron chi connectivity index (χ4n) is 9.57. The Kier molecular flexibility index (Phi) is 26.7. The lowest BCUT2D eigenvalue weighted by atomic mass is 10.2. The Morgan fingerprint density at radius 2 is 0.596 bits per heavy atom. The minimum Gasteiger partial charge on any atom is -0.326 e. The van der Waals surface area contributed by atoms with Crippen molar-refractivity contribution in [2.45, 2.75) is 84.0 Å². The lowest BCUT2D eigenvalue weighted by molar-refractivity contribution is 0.246. The lowest BCUT2D eigenvalue weighted by Crippen LogP contribution is -2.43. The van der Waals surface area contributed by atoms with Gasteiger partial charge in [0.25, 0.3) is 20.2 Å². The molecule has 0 aromatic heterocycles. The zero-order valence-electron chi connectivity index (χ0n) is 53.5. The molecule has 0 saturated carbocycles. The summed E-state index contributed by atoms with van der Waals surface area (Å²) in [5, 5.41) is 0. The van der Waals surface area contributed by atoms with Crippen molar-refractivity contribution >= 4 is 60.3 Å². The summed E-state index contributed by atoms with van der Waals surface area (Å²) >= 11 is 0. The predicted octanol–water partition coefficient (Wildman–Crippen LogP) is 9.06. The molecule has 1 heterocycles. The van der Waals surface area contributed by atoms with Crippen molar-refractivity contribution in [3.63, 3.8) is 0 Å². The van der Waals surface area contributed by atoms with Crippen LogP contribution in [0, 0.1) is 41.5 Å². The third-order valence-electron chi connectivity index (χ3n) is 15.3. The SMILES string of the molecule is Cc1ccc(S(=O)(=O)N2CCN(Cc3ccccc3)CCN(S(=O)(=O)c3ccc(C)cc3)CC2)cc1.Cc1ccc(S(=O)(=O)OCCN(CCN(CCOS(=O)(=O)c2ccc(C)cc2)S(=O)(=O)c2ccc(C)cc2)S(=O)(=O)c2ccc(C)cc2)cc1.NCc1ccccc1. The first-order valence-electron chi connectivity index (χ1n) is 30.2. The Morgan fingerprint density at radius 1 is 0.330 bits per heavy atom. The van der Waals surface area contributed by atoms with Gasteiger partial charge in [0.1, 0.15) is 0 Å². The molecule has 1 saturated heterocycles. The molecular formula is C68H82N6O14S6. The van der Waals surface area contributed by atoms with Crippen LogP contribution in [0.2, 0.25) is 0 Å². The third-order valence-corrected chi connectivity index (χ3v) is 25.6. The van der Waals surface area contributed by atoms with E-state index in [9.17, 15) is 50.5 Å². The van der Waals surface area contributed by atoms with Crippen LogP contribution < -0.4 is 5.73 Å². The van der Waals surface area contributed by atoms with Crippen LogP contribution in [0.5, 0.6) is 0 Å². The van der Waals surface area contributed by atoms with Gasteiger partial charge in [0.05, 0.1) is 42.6 Å². The molecule has 9 rings (SSSR count). The molecule has 1 aliphatic heterocycles. The van der Waals surface area contributed by atoms with Gasteiger partial charge in [-0.2, -0.15) is 34.1 Å². The highest BCUT2D eigenvalue weighted by Gasteiger charge is 2.33. The summed E-state index contributed by atoms with van der Waals surface area (Å²) in [6.07, 6.45) is 0. The second kappa shape index (κ2) is 33.7. The van der Waals surface area contributed by atoms with Crippen LogP contribution in [-0.2, 0) is 81.8 Å². The fourth-order valence-corrected chi connectivity index (χ4v) is 17.0. The van der Waals surface area contributed by atoms with Crippen molar-refractivity contribution in [3.8, 4) is 0 Å². The Hall–Kier alpha value is -6.86. The molecule has 0 unspecified atom stereocenters. The highest BCUT2D eigenvalue weighted by Crippen LogP contribution is 2.25. The number of aryl methyl sites for hydroxylation is 6. The zero-order chi connectivity index (χ0) is 68.3. The van der Waals surface area contributed by atoms with Crippen molar-refractivity contribution in [3.05, 3.63) is 251 Å². The molecule has 0 amide bonds. The molecule has 8 aromatic carbocycles. The maximum atomic E-state index is 13.9. The van der Waals surface area contributed by atoms with Crippen LogP contribution in [0.4, 0.5) is 0 Å². The molecule has 26 heteroatoms. The van der Waals surface area contributed by atoms with Crippen molar-refractivity contribution in [1.82, 2.24) is 22.1 Å². The summed E-state index contributed by atoms with van der Waals surface area (Å²) in [5.41, 5.74) is 12.9. The second-order valence-corrected chi connectivity index (χ2v) is 33.5. The standard InChI is InChI=1S/C34H40N2O10S4.C27H33N3O4S2.C7H9N/c1-27-5-13-31(14-6-27)47(37,38)35(23-25-45-49(41,42)33-17-9-29(3)10-18-33)21-22-36(48(39,40)32-15-7-28(2)8-16-32)24-26-46-50(43,44)34-19-11-30(4)12-20-34;1-23-8-12-26(13-9-23)35(31,32)29-18-16-28(22-25-6-4-3-5-7-25)17-19-30(21-20-29)36(33,34)27-14-10-24(2)11-15-27;8-6-7-4-2-1-3-5-7/h5-20H,21-26H2,1-4H3;3-15H,16-22H2,1-2H3;1-5H,6,8H2. The van der Waals surface area contributed by atoms with Crippen LogP contribution in [0.25, 0.3) is 0 Å².